The van der Waals surface area contributed by atoms with Gasteiger partial charge in [0.2, 0.25) is 5.13 Å². The quantitative estimate of drug-likeness (QED) is 0.799. The van der Waals surface area contributed by atoms with Crippen LogP contribution in [0.15, 0.2) is 0 Å². The van der Waals surface area contributed by atoms with Crippen LogP contribution in [0.3, 0.4) is 0 Å². The number of rotatable bonds is 3. The lowest BCUT2D eigenvalue weighted by Crippen LogP contribution is -2.49. The van der Waals surface area contributed by atoms with Crippen LogP contribution in [0.4, 0.5) is 5.13 Å². The van der Waals surface area contributed by atoms with Gasteiger partial charge in [0.1, 0.15) is 5.82 Å². The zero-order valence-electron chi connectivity index (χ0n) is 8.82. The van der Waals surface area contributed by atoms with Crippen LogP contribution in [-0.4, -0.2) is 34.7 Å². The summed E-state index contributed by atoms with van der Waals surface area (Å²) < 4.78 is 9.48. The minimum atomic E-state index is -0.0514. The summed E-state index contributed by atoms with van der Waals surface area (Å²) in [6.45, 7) is 4.03. The normalized spacial score (nSPS) is 20.1. The summed E-state index contributed by atoms with van der Waals surface area (Å²) in [5.74, 6) is 0.807. The molecule has 2 rings (SSSR count). The number of nitrogens with one attached hydrogen (secondary N) is 1. The Labute approximate surface area is 93.2 Å². The molecule has 0 saturated carbocycles. The molecule has 0 amide bonds. The number of nitrogens with zero attached hydrogens (tertiary/aromatic N) is 2. The lowest BCUT2D eigenvalue weighted by Gasteiger charge is -2.36. The van der Waals surface area contributed by atoms with Crippen LogP contribution in [0.2, 0.25) is 0 Å². The van der Waals surface area contributed by atoms with Gasteiger partial charge >= 0.3 is 0 Å². The molecule has 0 bridgehead atoms. The maximum Gasteiger partial charge on any atom is 0.203 e. The van der Waals surface area contributed by atoms with Gasteiger partial charge < -0.3 is 15.8 Å². The van der Waals surface area contributed by atoms with Crippen LogP contribution < -0.4 is 11.1 Å². The monoisotopic (exact) mass is 228 g/mol. The highest BCUT2D eigenvalue weighted by Gasteiger charge is 2.31. The van der Waals surface area contributed by atoms with Crippen molar-refractivity contribution in [1.29, 1.82) is 0 Å². The zero-order valence-corrected chi connectivity index (χ0v) is 9.64. The lowest BCUT2D eigenvalue weighted by atomic mass is 9.90. The first kappa shape index (κ1) is 10.8. The molecule has 84 valence electrons. The largest absolute Gasteiger partial charge is 0.381 e. The van der Waals surface area contributed by atoms with E-state index in [4.69, 9.17) is 10.5 Å². The molecule has 1 fully saturated rings. The topological polar surface area (TPSA) is 73.1 Å². The van der Waals surface area contributed by atoms with Gasteiger partial charge in [0.15, 0.2) is 0 Å². The van der Waals surface area contributed by atoms with Gasteiger partial charge in [-0.25, -0.2) is 4.98 Å². The molecule has 1 aromatic heterocycles. The first-order valence-electron chi connectivity index (χ1n) is 5.10. The van der Waals surface area contributed by atoms with Crippen LogP contribution in [0, 0.1) is 6.92 Å². The van der Waals surface area contributed by atoms with Crippen molar-refractivity contribution in [3.8, 4) is 0 Å². The summed E-state index contributed by atoms with van der Waals surface area (Å²) in [6, 6.07) is 0. The van der Waals surface area contributed by atoms with E-state index in [1.807, 2.05) is 6.92 Å². The van der Waals surface area contributed by atoms with E-state index in [0.29, 0.717) is 6.54 Å². The molecule has 1 aliphatic heterocycles. The van der Waals surface area contributed by atoms with Crippen molar-refractivity contribution >= 4 is 16.7 Å². The number of nitrogens with two attached hydrogens (primary N) is 1. The third-order valence-corrected chi connectivity index (χ3v) is 3.46. The average Bonchev–Trinajstić information content (AvgIpc) is 2.65. The van der Waals surface area contributed by atoms with Gasteiger partial charge in [-0.05, 0) is 19.8 Å². The molecule has 0 atom stereocenters. The van der Waals surface area contributed by atoms with E-state index >= 15 is 0 Å². The van der Waals surface area contributed by atoms with E-state index in [2.05, 4.69) is 14.7 Å². The Morgan fingerprint density at radius 1 is 1.53 bits per heavy atom. The Bertz CT molecular complexity index is 322. The van der Waals surface area contributed by atoms with Gasteiger partial charge in [0, 0.05) is 31.3 Å². The summed E-state index contributed by atoms with van der Waals surface area (Å²) in [6.07, 6.45) is 1.87. The van der Waals surface area contributed by atoms with Gasteiger partial charge in [0.05, 0.1) is 5.54 Å². The first-order valence-corrected chi connectivity index (χ1v) is 5.88. The van der Waals surface area contributed by atoms with Crippen LogP contribution in [0.1, 0.15) is 18.7 Å². The van der Waals surface area contributed by atoms with Crippen LogP contribution in [-0.2, 0) is 4.74 Å². The van der Waals surface area contributed by atoms with Crippen LogP contribution in [0.25, 0.3) is 0 Å². The molecule has 0 aromatic carbocycles. The fourth-order valence-electron chi connectivity index (χ4n) is 1.72. The standard InChI is InChI=1S/C9H16N4OS/c1-7-11-8(15-13-7)12-9(6-10)2-4-14-5-3-9/h2-6,10H2,1H3,(H,11,12,13). The maximum atomic E-state index is 5.83. The zero-order chi connectivity index (χ0) is 10.7. The number of aryl methyl sites for hydroxylation is 1. The van der Waals surface area contributed by atoms with E-state index in [9.17, 15) is 0 Å². The van der Waals surface area contributed by atoms with Crippen molar-refractivity contribution in [3.05, 3.63) is 5.82 Å². The highest BCUT2D eigenvalue weighted by Crippen LogP contribution is 2.25. The van der Waals surface area contributed by atoms with Gasteiger partial charge in [-0.1, -0.05) is 0 Å². The van der Waals surface area contributed by atoms with Crippen molar-refractivity contribution in [2.45, 2.75) is 25.3 Å². The van der Waals surface area contributed by atoms with E-state index in [-0.39, 0.29) is 5.54 Å². The smallest absolute Gasteiger partial charge is 0.203 e. The van der Waals surface area contributed by atoms with Crippen LogP contribution in [0.5, 0.6) is 0 Å². The van der Waals surface area contributed by atoms with E-state index in [1.165, 1.54) is 11.5 Å². The average molecular weight is 228 g/mol. The molecule has 0 spiro atoms. The number of hydrogen-bond donors (Lipinski definition) is 2. The fourth-order valence-corrected chi connectivity index (χ4v) is 2.41. The lowest BCUT2D eigenvalue weighted by molar-refractivity contribution is 0.0628. The highest BCUT2D eigenvalue weighted by molar-refractivity contribution is 7.09. The van der Waals surface area contributed by atoms with E-state index in [0.717, 1.165) is 37.0 Å². The molecule has 1 aliphatic rings. The summed E-state index contributed by atoms with van der Waals surface area (Å²) in [5.41, 5.74) is 5.78. The molecular weight excluding hydrogens is 212 g/mol. The summed E-state index contributed by atoms with van der Waals surface area (Å²) in [5, 5.41) is 4.27. The Morgan fingerprint density at radius 2 is 2.27 bits per heavy atom. The van der Waals surface area contributed by atoms with E-state index < -0.39 is 0 Å². The maximum absolute atomic E-state index is 5.83. The van der Waals surface area contributed by atoms with E-state index in [1.54, 1.807) is 0 Å². The second-order valence-corrected chi connectivity index (χ2v) is 4.62. The predicted molar refractivity (Wildman–Crippen MR) is 60.1 cm³/mol. The third-order valence-electron chi connectivity index (χ3n) is 2.74. The summed E-state index contributed by atoms with van der Waals surface area (Å²) in [7, 11) is 0. The number of aromatic nitrogens is 2. The Hall–Kier alpha value is -0.720. The molecule has 5 nitrogen and oxygen atoms in total. The number of ether oxygens (including phenoxy) is 1. The molecular formula is C9H16N4OS. The van der Waals surface area contributed by atoms with Crippen molar-refractivity contribution in [1.82, 2.24) is 9.36 Å². The van der Waals surface area contributed by atoms with Crippen molar-refractivity contribution in [2.24, 2.45) is 5.73 Å². The summed E-state index contributed by atoms with van der Waals surface area (Å²) in [4.78, 5) is 4.30. The number of hydrogen-bond acceptors (Lipinski definition) is 6. The summed E-state index contributed by atoms with van der Waals surface area (Å²) >= 11 is 1.39. The number of anilines is 1. The molecule has 3 N–H and O–H groups in total. The molecule has 1 saturated heterocycles. The molecule has 1 aromatic rings. The second-order valence-electron chi connectivity index (χ2n) is 3.87. The SMILES string of the molecule is Cc1nsc(NC2(CN)CCOCC2)n1. The third kappa shape index (κ3) is 2.45. The van der Waals surface area contributed by atoms with Gasteiger partial charge in [0.25, 0.3) is 0 Å². The van der Waals surface area contributed by atoms with Crippen molar-refractivity contribution < 1.29 is 4.74 Å². The van der Waals surface area contributed by atoms with Crippen LogP contribution >= 0.6 is 11.5 Å². The molecule has 0 radical (unpaired) electrons. The molecule has 15 heavy (non-hydrogen) atoms. The Kier molecular flexibility index (Phi) is 3.18. The van der Waals surface area contributed by atoms with Gasteiger partial charge in [-0.15, -0.1) is 0 Å². The Balaban J connectivity index is 2.06. The molecule has 6 heteroatoms. The minimum absolute atomic E-state index is 0.0514. The second kappa shape index (κ2) is 4.42. The minimum Gasteiger partial charge on any atom is -0.381 e. The molecule has 0 unspecified atom stereocenters. The predicted octanol–water partition coefficient (Wildman–Crippen LogP) is 0.766. The first-order chi connectivity index (χ1) is 7.24. The van der Waals surface area contributed by atoms with Gasteiger partial charge in [-0.2, -0.15) is 4.37 Å². The highest BCUT2D eigenvalue weighted by atomic mass is 32.1. The van der Waals surface area contributed by atoms with Crippen molar-refractivity contribution in [3.63, 3.8) is 0 Å². The molecule has 2 heterocycles. The molecule has 0 aliphatic carbocycles. The Morgan fingerprint density at radius 3 is 2.80 bits per heavy atom. The van der Waals surface area contributed by atoms with Gasteiger partial charge in [-0.3, -0.25) is 0 Å². The fraction of sp³-hybridized carbons (Fsp3) is 0.778. The van der Waals surface area contributed by atoms with Crippen molar-refractivity contribution in [2.75, 3.05) is 25.1 Å².